The van der Waals surface area contributed by atoms with Gasteiger partial charge in [-0.15, -0.1) is 12.4 Å². The Morgan fingerprint density at radius 3 is 2.50 bits per heavy atom. The lowest BCUT2D eigenvalue weighted by Crippen LogP contribution is -2.30. The Balaban J connectivity index is 0.00000243. The van der Waals surface area contributed by atoms with Crippen LogP contribution in [-0.2, 0) is 0 Å². The summed E-state index contributed by atoms with van der Waals surface area (Å²) in [5.74, 6) is 0.00140. The van der Waals surface area contributed by atoms with Crippen LogP contribution in [0.2, 0.25) is 0 Å². The van der Waals surface area contributed by atoms with E-state index < -0.39 is 4.92 Å². The minimum absolute atomic E-state index is 0. The predicted octanol–water partition coefficient (Wildman–Crippen LogP) is 3.14. The van der Waals surface area contributed by atoms with E-state index in [4.69, 9.17) is 5.73 Å². The Hall–Kier alpha value is -2.44. The highest BCUT2D eigenvalue weighted by atomic mass is 35.5. The molecule has 0 unspecified atom stereocenters. The molecule has 0 radical (unpaired) electrons. The first kappa shape index (κ1) is 19.9. The van der Waals surface area contributed by atoms with Crippen molar-refractivity contribution in [3.8, 4) is 0 Å². The fraction of sp³-hybridized carbons (Fsp3) is 0.316. The van der Waals surface area contributed by atoms with Gasteiger partial charge < -0.3 is 10.6 Å². The molecule has 0 bridgehead atoms. The molecular formula is C19H22ClN3O3. The van der Waals surface area contributed by atoms with E-state index in [0.29, 0.717) is 25.2 Å². The second-order valence-corrected chi connectivity index (χ2v) is 6.45. The van der Waals surface area contributed by atoms with Crippen molar-refractivity contribution in [3.05, 3.63) is 75.3 Å². The molecule has 2 aromatic rings. The molecule has 6 nitrogen and oxygen atoms in total. The van der Waals surface area contributed by atoms with E-state index >= 15 is 0 Å². The number of carbonyl (C=O) groups excluding carboxylic acids is 1. The number of hydrogen-bond acceptors (Lipinski definition) is 4. The lowest BCUT2D eigenvalue weighted by molar-refractivity contribution is -0.385. The minimum Gasteiger partial charge on any atom is -0.337 e. The van der Waals surface area contributed by atoms with Gasteiger partial charge in [0.15, 0.2) is 0 Å². The molecule has 3 rings (SSSR count). The van der Waals surface area contributed by atoms with Crippen molar-refractivity contribution in [2.45, 2.75) is 12.8 Å². The van der Waals surface area contributed by atoms with Gasteiger partial charge in [0, 0.05) is 24.6 Å². The summed E-state index contributed by atoms with van der Waals surface area (Å²) in [4.78, 5) is 25.5. The first-order valence-electron chi connectivity index (χ1n) is 8.31. The number of amides is 1. The van der Waals surface area contributed by atoms with E-state index in [0.717, 1.165) is 5.56 Å². The standard InChI is InChI=1S/C19H21N3O3.ClH/c1-13-6-5-9-16(18(13)22(24)25)19(23)21-11-15(10-20)17(12-21)14-7-3-2-4-8-14;/h2-9,15,17H,10-12,20H2,1H3;1H/t15-,17+;/m1./s1. The number of nitrogens with zero attached hydrogens (tertiary/aromatic N) is 2. The summed E-state index contributed by atoms with van der Waals surface area (Å²) >= 11 is 0. The van der Waals surface area contributed by atoms with Crippen molar-refractivity contribution in [1.29, 1.82) is 0 Å². The molecule has 0 saturated carbocycles. The van der Waals surface area contributed by atoms with Crippen LogP contribution in [0.3, 0.4) is 0 Å². The maximum atomic E-state index is 12.9. The topological polar surface area (TPSA) is 89.5 Å². The number of nitro groups is 1. The predicted molar refractivity (Wildman–Crippen MR) is 103 cm³/mol. The van der Waals surface area contributed by atoms with Gasteiger partial charge in [0.1, 0.15) is 5.56 Å². The van der Waals surface area contributed by atoms with E-state index in [1.165, 1.54) is 6.07 Å². The second kappa shape index (κ2) is 8.29. The molecule has 0 spiro atoms. The lowest BCUT2D eigenvalue weighted by Gasteiger charge is -2.17. The van der Waals surface area contributed by atoms with Crippen molar-refractivity contribution in [2.75, 3.05) is 19.6 Å². The smallest absolute Gasteiger partial charge is 0.285 e. The number of nitrogens with two attached hydrogens (primary N) is 1. The SMILES string of the molecule is Cc1cccc(C(=O)N2C[C@@H](CN)[C@H](c3ccccc3)C2)c1[N+](=O)[O-].Cl. The third kappa shape index (κ3) is 3.71. The lowest BCUT2D eigenvalue weighted by atomic mass is 9.89. The van der Waals surface area contributed by atoms with Gasteiger partial charge in [-0.1, -0.05) is 42.5 Å². The first-order chi connectivity index (χ1) is 12.0. The highest BCUT2D eigenvalue weighted by molar-refractivity contribution is 5.98. The number of rotatable bonds is 4. The number of halogens is 1. The van der Waals surface area contributed by atoms with E-state index in [-0.39, 0.29) is 41.4 Å². The van der Waals surface area contributed by atoms with Gasteiger partial charge in [-0.2, -0.15) is 0 Å². The summed E-state index contributed by atoms with van der Waals surface area (Å²) in [6.45, 7) is 3.16. The maximum Gasteiger partial charge on any atom is 0.285 e. The Kier molecular flexibility index (Phi) is 6.34. The molecule has 1 fully saturated rings. The molecule has 2 aromatic carbocycles. The summed E-state index contributed by atoms with van der Waals surface area (Å²) in [5, 5.41) is 11.4. The number of benzene rings is 2. The summed E-state index contributed by atoms with van der Waals surface area (Å²) < 4.78 is 0. The molecule has 0 aliphatic carbocycles. The molecule has 138 valence electrons. The molecule has 26 heavy (non-hydrogen) atoms. The van der Waals surface area contributed by atoms with E-state index in [9.17, 15) is 14.9 Å². The Morgan fingerprint density at radius 2 is 1.88 bits per heavy atom. The molecule has 1 aliphatic rings. The Labute approximate surface area is 158 Å². The van der Waals surface area contributed by atoms with Crippen LogP contribution in [-0.4, -0.2) is 35.4 Å². The number of carbonyl (C=O) groups is 1. The van der Waals surface area contributed by atoms with Crippen LogP contribution in [0.5, 0.6) is 0 Å². The highest BCUT2D eigenvalue weighted by Gasteiger charge is 2.37. The third-order valence-electron chi connectivity index (χ3n) is 4.91. The van der Waals surface area contributed by atoms with Crippen molar-refractivity contribution in [1.82, 2.24) is 4.90 Å². The van der Waals surface area contributed by atoms with Crippen molar-refractivity contribution in [3.63, 3.8) is 0 Å². The number of aryl methyl sites for hydroxylation is 1. The van der Waals surface area contributed by atoms with Crippen molar-refractivity contribution in [2.24, 2.45) is 11.7 Å². The van der Waals surface area contributed by atoms with Gasteiger partial charge in [0.2, 0.25) is 0 Å². The molecule has 2 atom stereocenters. The second-order valence-electron chi connectivity index (χ2n) is 6.45. The van der Waals surface area contributed by atoms with Crippen molar-refractivity contribution >= 4 is 24.0 Å². The minimum atomic E-state index is -0.478. The Bertz CT molecular complexity index is 798. The molecular weight excluding hydrogens is 354 g/mol. The molecule has 1 saturated heterocycles. The largest absolute Gasteiger partial charge is 0.337 e. The van der Waals surface area contributed by atoms with Crippen LogP contribution in [0.4, 0.5) is 5.69 Å². The van der Waals surface area contributed by atoms with Crippen LogP contribution in [0.25, 0.3) is 0 Å². The fourth-order valence-corrected chi connectivity index (χ4v) is 3.60. The van der Waals surface area contributed by atoms with Gasteiger partial charge in [-0.25, -0.2) is 0 Å². The van der Waals surface area contributed by atoms with Gasteiger partial charge in [-0.05, 0) is 31.0 Å². The van der Waals surface area contributed by atoms with Crippen LogP contribution >= 0.6 is 12.4 Å². The molecule has 0 aromatic heterocycles. The zero-order chi connectivity index (χ0) is 18.0. The quantitative estimate of drug-likeness (QED) is 0.656. The molecule has 2 N–H and O–H groups in total. The van der Waals surface area contributed by atoms with Crippen LogP contribution in [0, 0.1) is 23.0 Å². The van der Waals surface area contributed by atoms with Crippen LogP contribution < -0.4 is 5.73 Å². The maximum absolute atomic E-state index is 12.9. The fourth-order valence-electron chi connectivity index (χ4n) is 3.60. The van der Waals surface area contributed by atoms with Gasteiger partial charge in [0.25, 0.3) is 11.6 Å². The normalized spacial score (nSPS) is 19.1. The number of nitro benzene ring substituents is 1. The Morgan fingerprint density at radius 1 is 1.19 bits per heavy atom. The van der Waals surface area contributed by atoms with Gasteiger partial charge in [0.05, 0.1) is 4.92 Å². The van der Waals surface area contributed by atoms with Gasteiger partial charge in [-0.3, -0.25) is 14.9 Å². The van der Waals surface area contributed by atoms with Crippen molar-refractivity contribution < 1.29 is 9.72 Å². The van der Waals surface area contributed by atoms with Crippen LogP contribution in [0.1, 0.15) is 27.4 Å². The van der Waals surface area contributed by atoms with E-state index in [2.05, 4.69) is 0 Å². The van der Waals surface area contributed by atoms with Gasteiger partial charge >= 0.3 is 0 Å². The van der Waals surface area contributed by atoms with Crippen LogP contribution in [0.15, 0.2) is 48.5 Å². The summed E-state index contributed by atoms with van der Waals surface area (Å²) in [6, 6.07) is 14.8. The molecule has 1 heterocycles. The average molecular weight is 376 g/mol. The molecule has 1 amide bonds. The third-order valence-corrected chi connectivity index (χ3v) is 4.91. The number of likely N-dealkylation sites (tertiary alicyclic amines) is 1. The highest BCUT2D eigenvalue weighted by Crippen LogP contribution is 2.34. The molecule has 1 aliphatic heterocycles. The van der Waals surface area contributed by atoms with E-state index in [1.807, 2.05) is 30.3 Å². The number of para-hydroxylation sites is 1. The number of hydrogen-bond donors (Lipinski definition) is 1. The summed E-state index contributed by atoms with van der Waals surface area (Å²) in [6.07, 6.45) is 0. The van der Waals surface area contributed by atoms with E-state index in [1.54, 1.807) is 24.0 Å². The zero-order valence-corrected chi connectivity index (χ0v) is 15.3. The first-order valence-corrected chi connectivity index (χ1v) is 8.31. The summed E-state index contributed by atoms with van der Waals surface area (Å²) in [7, 11) is 0. The molecule has 7 heteroatoms. The monoisotopic (exact) mass is 375 g/mol. The summed E-state index contributed by atoms with van der Waals surface area (Å²) in [5.41, 5.74) is 7.59. The average Bonchev–Trinajstić information content (AvgIpc) is 3.05. The zero-order valence-electron chi connectivity index (χ0n) is 14.5.